The van der Waals surface area contributed by atoms with Crippen LogP contribution in [0.2, 0.25) is 0 Å². The largest absolute Gasteiger partial charge is 0.381 e. The van der Waals surface area contributed by atoms with Crippen molar-refractivity contribution >= 4 is 0 Å². The average Bonchev–Trinajstić information content (AvgIpc) is 3.31. The van der Waals surface area contributed by atoms with Gasteiger partial charge in [0, 0.05) is 12.5 Å². The summed E-state index contributed by atoms with van der Waals surface area (Å²) in [6, 6.07) is 0. The highest BCUT2D eigenvalue weighted by molar-refractivity contribution is 5.31. The van der Waals surface area contributed by atoms with Crippen molar-refractivity contribution in [2.24, 2.45) is 56.7 Å². The molecule has 5 aliphatic carbocycles. The molecule has 33 heavy (non-hydrogen) atoms. The minimum atomic E-state index is 0.143. The quantitative estimate of drug-likeness (QED) is 0.394. The van der Waals surface area contributed by atoms with Crippen LogP contribution in [0.3, 0.4) is 0 Å². The molecule has 6 fully saturated rings. The summed E-state index contributed by atoms with van der Waals surface area (Å²) in [5.41, 5.74) is 2.08. The first-order chi connectivity index (χ1) is 15.3. The van der Waals surface area contributed by atoms with E-state index in [2.05, 4.69) is 55.4 Å². The van der Waals surface area contributed by atoms with E-state index in [1.54, 1.807) is 0 Å². The molecule has 5 saturated carbocycles. The first kappa shape index (κ1) is 23.3. The lowest BCUT2D eigenvalue weighted by molar-refractivity contribution is -0.226. The first-order valence-electron chi connectivity index (χ1n) is 14.5. The van der Waals surface area contributed by atoms with Gasteiger partial charge in [0.1, 0.15) is 5.60 Å². The van der Waals surface area contributed by atoms with Crippen molar-refractivity contribution in [2.75, 3.05) is 7.11 Å². The Morgan fingerprint density at radius 1 is 0.727 bits per heavy atom. The molecule has 2 heteroatoms. The predicted molar refractivity (Wildman–Crippen MR) is 135 cm³/mol. The maximum absolute atomic E-state index is 7.14. The van der Waals surface area contributed by atoms with Gasteiger partial charge in [-0.3, -0.25) is 0 Å². The molecule has 1 spiro atoms. The summed E-state index contributed by atoms with van der Waals surface area (Å²) in [5.74, 6) is 4.06. The topological polar surface area (TPSA) is 21.8 Å². The van der Waals surface area contributed by atoms with Crippen LogP contribution in [0.25, 0.3) is 0 Å². The van der Waals surface area contributed by atoms with Crippen molar-refractivity contribution in [3.63, 3.8) is 0 Å². The molecule has 2 nitrogen and oxygen atoms in total. The van der Waals surface area contributed by atoms with E-state index in [1.165, 1.54) is 57.8 Å². The molecular formula is C31H52O2. The summed E-state index contributed by atoms with van der Waals surface area (Å²) in [6.45, 7) is 20.8. The van der Waals surface area contributed by atoms with Gasteiger partial charge in [-0.25, -0.2) is 0 Å². The molecular weight excluding hydrogens is 404 g/mol. The highest BCUT2D eigenvalue weighted by Crippen LogP contribution is 2.83. The fourth-order valence-electron chi connectivity index (χ4n) is 12.9. The smallest absolute Gasteiger partial charge is 0.104 e. The van der Waals surface area contributed by atoms with Crippen LogP contribution in [0.15, 0.2) is 0 Å². The molecule has 0 bridgehead atoms. The van der Waals surface area contributed by atoms with E-state index < -0.39 is 0 Å². The molecule has 11 atom stereocenters. The fraction of sp³-hybridized carbons (Fsp3) is 1.00. The molecule has 1 aliphatic heterocycles. The number of hydrogen-bond donors (Lipinski definition) is 0. The molecule has 0 aromatic rings. The molecule has 188 valence electrons. The summed E-state index contributed by atoms with van der Waals surface area (Å²) in [7, 11) is 1.94. The van der Waals surface area contributed by atoms with Crippen LogP contribution in [-0.4, -0.2) is 24.9 Å². The molecule has 0 radical (unpaired) electrons. The van der Waals surface area contributed by atoms with Crippen LogP contribution in [0.1, 0.15) is 113 Å². The van der Waals surface area contributed by atoms with Crippen LogP contribution >= 0.6 is 0 Å². The maximum atomic E-state index is 7.14. The third-order valence-corrected chi connectivity index (χ3v) is 14.5. The van der Waals surface area contributed by atoms with E-state index in [-0.39, 0.29) is 11.0 Å². The lowest BCUT2D eigenvalue weighted by atomic mass is 9.33. The molecule has 0 aromatic heterocycles. The number of hydrogen-bond acceptors (Lipinski definition) is 2. The second kappa shape index (κ2) is 6.62. The average molecular weight is 457 g/mol. The normalized spacial score (nSPS) is 60.9. The van der Waals surface area contributed by atoms with E-state index in [1.807, 2.05) is 7.11 Å². The van der Waals surface area contributed by atoms with E-state index in [4.69, 9.17) is 9.47 Å². The van der Waals surface area contributed by atoms with Gasteiger partial charge in [0.25, 0.3) is 0 Å². The lowest BCUT2D eigenvalue weighted by Gasteiger charge is -2.70. The van der Waals surface area contributed by atoms with Gasteiger partial charge in [-0.05, 0) is 109 Å². The molecule has 0 N–H and O–H groups in total. The van der Waals surface area contributed by atoms with E-state index >= 15 is 0 Å². The van der Waals surface area contributed by atoms with Crippen LogP contribution in [0.5, 0.6) is 0 Å². The van der Waals surface area contributed by atoms with Gasteiger partial charge >= 0.3 is 0 Å². The molecule has 1 saturated heterocycles. The zero-order valence-corrected chi connectivity index (χ0v) is 23.2. The monoisotopic (exact) mass is 456 g/mol. The van der Waals surface area contributed by atoms with Crippen LogP contribution in [0.4, 0.5) is 0 Å². The Morgan fingerprint density at radius 3 is 2.06 bits per heavy atom. The van der Waals surface area contributed by atoms with Crippen molar-refractivity contribution in [1.29, 1.82) is 0 Å². The highest BCUT2D eigenvalue weighted by Gasteiger charge is 2.84. The number of epoxide rings is 1. The van der Waals surface area contributed by atoms with Gasteiger partial charge in [-0.2, -0.15) is 0 Å². The Balaban J connectivity index is 1.40. The molecule has 6 aliphatic rings. The zero-order valence-electron chi connectivity index (χ0n) is 23.2. The SMILES string of the molecule is COC1CCC2(C)C(CCC3C4(C)CCC5(C)C(C(C)C)CCC5C4(C)CC4OC432)C1(C)C. The van der Waals surface area contributed by atoms with E-state index in [0.717, 1.165) is 23.7 Å². The van der Waals surface area contributed by atoms with Gasteiger partial charge < -0.3 is 9.47 Å². The summed E-state index contributed by atoms with van der Waals surface area (Å²) in [6.07, 6.45) is 13.2. The second-order valence-corrected chi connectivity index (χ2v) is 15.6. The minimum absolute atomic E-state index is 0.143. The van der Waals surface area contributed by atoms with Crippen molar-refractivity contribution in [2.45, 2.75) is 131 Å². The Morgan fingerprint density at radius 2 is 1.39 bits per heavy atom. The summed E-state index contributed by atoms with van der Waals surface area (Å²) in [5, 5.41) is 0. The Labute approximate surface area is 204 Å². The molecule has 0 amide bonds. The van der Waals surface area contributed by atoms with Gasteiger partial charge in [0.05, 0.1) is 12.2 Å². The fourth-order valence-corrected chi connectivity index (χ4v) is 12.9. The van der Waals surface area contributed by atoms with Gasteiger partial charge in [0.2, 0.25) is 0 Å². The number of rotatable bonds is 2. The summed E-state index contributed by atoms with van der Waals surface area (Å²) >= 11 is 0. The van der Waals surface area contributed by atoms with Gasteiger partial charge in [0.15, 0.2) is 0 Å². The van der Waals surface area contributed by atoms with E-state index in [9.17, 15) is 0 Å². The van der Waals surface area contributed by atoms with Crippen molar-refractivity contribution < 1.29 is 9.47 Å². The highest BCUT2D eigenvalue weighted by atomic mass is 16.6. The third kappa shape index (κ3) is 2.41. The van der Waals surface area contributed by atoms with Crippen LogP contribution < -0.4 is 0 Å². The van der Waals surface area contributed by atoms with Crippen molar-refractivity contribution in [3.8, 4) is 0 Å². The van der Waals surface area contributed by atoms with Crippen LogP contribution in [0, 0.1) is 56.7 Å². The standard InChI is InChI=1S/C31H52O2/c1-19(2)20-10-11-22-27(20,5)16-17-28(6)23-13-12-21-26(3,4)24(32-9)14-15-29(21,7)31(23)25(33-31)18-30(22,28)8/h19-25H,10-18H2,1-9H3. The number of fused-ring (bicyclic) bond motifs is 5. The Hall–Kier alpha value is -0.0800. The Kier molecular flexibility index (Phi) is 4.68. The molecule has 1 heterocycles. The molecule has 6 rings (SSSR count). The second-order valence-electron chi connectivity index (χ2n) is 15.6. The van der Waals surface area contributed by atoms with Crippen molar-refractivity contribution in [3.05, 3.63) is 0 Å². The van der Waals surface area contributed by atoms with Gasteiger partial charge in [-0.1, -0.05) is 55.4 Å². The third-order valence-electron chi connectivity index (χ3n) is 14.5. The molecule has 0 aromatic carbocycles. The maximum Gasteiger partial charge on any atom is 0.104 e. The predicted octanol–water partition coefficient (Wildman–Crippen LogP) is 7.89. The number of ether oxygens (including phenoxy) is 2. The minimum Gasteiger partial charge on any atom is -0.381 e. The lowest BCUT2D eigenvalue weighted by Crippen LogP contribution is -2.69. The van der Waals surface area contributed by atoms with Crippen LogP contribution in [-0.2, 0) is 9.47 Å². The van der Waals surface area contributed by atoms with E-state index in [0.29, 0.717) is 39.8 Å². The summed E-state index contributed by atoms with van der Waals surface area (Å²) in [4.78, 5) is 0. The van der Waals surface area contributed by atoms with Crippen molar-refractivity contribution in [1.82, 2.24) is 0 Å². The zero-order chi connectivity index (χ0) is 23.8. The van der Waals surface area contributed by atoms with Gasteiger partial charge in [-0.15, -0.1) is 0 Å². The molecule has 11 unspecified atom stereocenters. The number of methoxy groups -OCH3 is 1. The Bertz CT molecular complexity index is 833. The first-order valence-corrected chi connectivity index (χ1v) is 14.5. The summed E-state index contributed by atoms with van der Waals surface area (Å²) < 4.78 is 13.2.